The van der Waals surface area contributed by atoms with Crippen LogP contribution in [-0.2, 0) is 13.0 Å². The smallest absolute Gasteiger partial charge is 0.164 e. The molecule has 3 nitrogen and oxygen atoms in total. The Morgan fingerprint density at radius 1 is 1.09 bits per heavy atom. The van der Waals surface area contributed by atoms with Crippen LogP contribution in [0.15, 0.2) is 42.5 Å². The van der Waals surface area contributed by atoms with Crippen molar-refractivity contribution in [1.29, 1.82) is 0 Å². The lowest BCUT2D eigenvalue weighted by Gasteiger charge is -2.16. The van der Waals surface area contributed by atoms with Crippen LogP contribution >= 0.6 is 0 Å². The second-order valence-corrected chi connectivity index (χ2v) is 5.56. The molecular formula is C20H24O3. The highest BCUT2D eigenvalue weighted by atomic mass is 16.5. The lowest BCUT2D eigenvalue weighted by Crippen LogP contribution is -2.03. The molecule has 0 amide bonds. The Labute approximate surface area is 138 Å². The van der Waals surface area contributed by atoms with Gasteiger partial charge in [-0.3, -0.25) is 4.79 Å². The summed E-state index contributed by atoms with van der Waals surface area (Å²) in [6.07, 6.45) is 5.13. The van der Waals surface area contributed by atoms with Crippen LogP contribution in [0.1, 0.15) is 47.7 Å². The highest BCUT2D eigenvalue weighted by molar-refractivity contribution is 5.77. The van der Waals surface area contributed by atoms with E-state index in [1.54, 1.807) is 13.2 Å². The third-order valence-electron chi connectivity index (χ3n) is 3.79. The normalized spacial score (nSPS) is 10.3. The Morgan fingerprint density at radius 3 is 2.52 bits per heavy atom. The highest BCUT2D eigenvalue weighted by Gasteiger charge is 2.13. The molecule has 0 atom stereocenters. The van der Waals surface area contributed by atoms with Gasteiger partial charge in [-0.25, -0.2) is 0 Å². The number of ether oxygens (including phenoxy) is 2. The van der Waals surface area contributed by atoms with Crippen molar-refractivity contribution in [2.24, 2.45) is 0 Å². The molecule has 23 heavy (non-hydrogen) atoms. The van der Waals surface area contributed by atoms with Gasteiger partial charge in [-0.1, -0.05) is 50.1 Å². The van der Waals surface area contributed by atoms with E-state index in [4.69, 9.17) is 9.47 Å². The molecule has 0 fully saturated rings. The summed E-state index contributed by atoms with van der Waals surface area (Å²) in [6, 6.07) is 13.7. The van der Waals surface area contributed by atoms with E-state index in [1.165, 1.54) is 0 Å². The van der Waals surface area contributed by atoms with Crippen LogP contribution in [0.5, 0.6) is 11.5 Å². The van der Waals surface area contributed by atoms with Crippen molar-refractivity contribution in [2.45, 2.75) is 39.2 Å². The largest absolute Gasteiger partial charge is 0.493 e. The molecule has 0 aliphatic rings. The third-order valence-corrected chi connectivity index (χ3v) is 3.79. The predicted molar refractivity (Wildman–Crippen MR) is 92.4 cm³/mol. The van der Waals surface area contributed by atoms with E-state index in [-0.39, 0.29) is 0 Å². The molecule has 0 unspecified atom stereocenters. The van der Waals surface area contributed by atoms with Gasteiger partial charge in [0.25, 0.3) is 0 Å². The number of methoxy groups -OCH3 is 1. The summed E-state index contributed by atoms with van der Waals surface area (Å²) < 4.78 is 11.5. The number of carbonyl (C=O) groups excluding carboxylic acids is 1. The lowest BCUT2D eigenvalue weighted by atomic mass is 10.0. The van der Waals surface area contributed by atoms with Crippen LogP contribution in [0, 0.1) is 0 Å². The van der Waals surface area contributed by atoms with Crippen molar-refractivity contribution in [3.8, 4) is 11.5 Å². The first-order valence-electron chi connectivity index (χ1n) is 8.11. The molecule has 2 aromatic rings. The molecule has 0 radical (unpaired) electrons. The SMILES string of the molecule is CCCCCc1cc(C=O)cc(OC)c1OCc1ccccc1. The number of carbonyl (C=O) groups is 1. The quantitative estimate of drug-likeness (QED) is 0.492. The van der Waals surface area contributed by atoms with Gasteiger partial charge in [0.15, 0.2) is 11.5 Å². The molecule has 0 aliphatic heterocycles. The number of hydrogen-bond acceptors (Lipinski definition) is 3. The summed E-state index contributed by atoms with van der Waals surface area (Å²) in [5, 5.41) is 0. The fourth-order valence-electron chi connectivity index (χ4n) is 2.55. The Bertz CT molecular complexity index is 620. The van der Waals surface area contributed by atoms with Gasteiger partial charge in [-0.2, -0.15) is 0 Å². The Morgan fingerprint density at radius 2 is 1.87 bits per heavy atom. The number of aryl methyl sites for hydroxylation is 1. The molecule has 122 valence electrons. The monoisotopic (exact) mass is 312 g/mol. The van der Waals surface area contributed by atoms with Crippen LogP contribution in [-0.4, -0.2) is 13.4 Å². The van der Waals surface area contributed by atoms with Gasteiger partial charge in [-0.15, -0.1) is 0 Å². The maximum absolute atomic E-state index is 11.2. The molecule has 0 bridgehead atoms. The topological polar surface area (TPSA) is 35.5 Å². The van der Waals surface area contributed by atoms with Crippen LogP contribution < -0.4 is 9.47 Å². The molecule has 0 N–H and O–H groups in total. The average Bonchev–Trinajstić information content (AvgIpc) is 2.61. The van der Waals surface area contributed by atoms with Gasteiger partial charge >= 0.3 is 0 Å². The Kier molecular flexibility index (Phi) is 6.67. The molecule has 0 saturated heterocycles. The standard InChI is InChI=1S/C20H24O3/c1-3-4-6-11-18-12-17(14-21)13-19(22-2)20(18)23-15-16-9-7-5-8-10-16/h5,7-10,12-14H,3-4,6,11,15H2,1-2H3. The molecule has 0 saturated carbocycles. The second kappa shape index (κ2) is 8.99. The van der Waals surface area contributed by atoms with E-state index >= 15 is 0 Å². The van der Waals surface area contributed by atoms with Crippen molar-refractivity contribution >= 4 is 6.29 Å². The van der Waals surface area contributed by atoms with Crippen molar-refractivity contribution in [1.82, 2.24) is 0 Å². The van der Waals surface area contributed by atoms with Crippen molar-refractivity contribution < 1.29 is 14.3 Å². The van der Waals surface area contributed by atoms with Gasteiger partial charge in [0, 0.05) is 5.56 Å². The zero-order valence-corrected chi connectivity index (χ0v) is 13.9. The number of aldehydes is 1. The second-order valence-electron chi connectivity index (χ2n) is 5.56. The van der Waals surface area contributed by atoms with Gasteiger partial charge in [0.1, 0.15) is 12.9 Å². The van der Waals surface area contributed by atoms with E-state index in [9.17, 15) is 4.79 Å². The van der Waals surface area contributed by atoms with Gasteiger partial charge in [0.05, 0.1) is 7.11 Å². The molecule has 0 aromatic heterocycles. The van der Waals surface area contributed by atoms with E-state index in [1.807, 2.05) is 36.4 Å². The van der Waals surface area contributed by atoms with Crippen LogP contribution in [0.3, 0.4) is 0 Å². The first-order valence-corrected chi connectivity index (χ1v) is 8.11. The highest BCUT2D eigenvalue weighted by Crippen LogP contribution is 2.34. The number of unbranched alkanes of at least 4 members (excludes halogenated alkanes) is 2. The fourth-order valence-corrected chi connectivity index (χ4v) is 2.55. The Balaban J connectivity index is 2.24. The minimum absolute atomic E-state index is 0.485. The Hall–Kier alpha value is -2.29. The van der Waals surface area contributed by atoms with E-state index in [0.717, 1.165) is 48.8 Å². The third kappa shape index (κ3) is 4.85. The minimum atomic E-state index is 0.485. The maximum atomic E-state index is 11.2. The first kappa shape index (κ1) is 17.1. The predicted octanol–water partition coefficient (Wildman–Crippen LogP) is 4.82. The zero-order valence-electron chi connectivity index (χ0n) is 13.9. The van der Waals surface area contributed by atoms with Crippen LogP contribution in [0.2, 0.25) is 0 Å². The van der Waals surface area contributed by atoms with Gasteiger partial charge < -0.3 is 9.47 Å². The minimum Gasteiger partial charge on any atom is -0.493 e. The van der Waals surface area contributed by atoms with Crippen molar-refractivity contribution in [3.05, 3.63) is 59.2 Å². The number of rotatable bonds is 9. The molecule has 0 aliphatic carbocycles. The summed E-state index contributed by atoms with van der Waals surface area (Å²) >= 11 is 0. The van der Waals surface area contributed by atoms with Crippen LogP contribution in [0.4, 0.5) is 0 Å². The summed E-state index contributed by atoms with van der Waals surface area (Å²) in [6.45, 7) is 2.66. The summed E-state index contributed by atoms with van der Waals surface area (Å²) in [5.41, 5.74) is 2.77. The molecule has 0 spiro atoms. The maximum Gasteiger partial charge on any atom is 0.164 e. The number of benzene rings is 2. The van der Waals surface area contributed by atoms with Crippen molar-refractivity contribution in [2.75, 3.05) is 7.11 Å². The molecule has 2 rings (SSSR count). The first-order chi connectivity index (χ1) is 11.3. The van der Waals surface area contributed by atoms with Crippen LogP contribution in [0.25, 0.3) is 0 Å². The summed E-state index contributed by atoms with van der Waals surface area (Å²) in [4.78, 5) is 11.2. The number of hydrogen-bond donors (Lipinski definition) is 0. The average molecular weight is 312 g/mol. The zero-order chi connectivity index (χ0) is 16.5. The van der Waals surface area contributed by atoms with Crippen molar-refractivity contribution in [3.63, 3.8) is 0 Å². The lowest BCUT2D eigenvalue weighted by molar-refractivity contribution is 0.112. The fraction of sp³-hybridized carbons (Fsp3) is 0.350. The van der Waals surface area contributed by atoms with E-state index in [2.05, 4.69) is 6.92 Å². The molecule has 0 heterocycles. The molecule has 3 heteroatoms. The van der Waals surface area contributed by atoms with E-state index < -0.39 is 0 Å². The molecular weight excluding hydrogens is 288 g/mol. The molecule has 2 aromatic carbocycles. The van der Waals surface area contributed by atoms with Gasteiger partial charge in [0.2, 0.25) is 0 Å². The summed E-state index contributed by atoms with van der Waals surface area (Å²) in [7, 11) is 1.61. The van der Waals surface area contributed by atoms with E-state index in [0.29, 0.717) is 17.9 Å². The van der Waals surface area contributed by atoms with Gasteiger partial charge in [-0.05, 0) is 36.1 Å². The summed E-state index contributed by atoms with van der Waals surface area (Å²) in [5.74, 6) is 1.37.